The summed E-state index contributed by atoms with van der Waals surface area (Å²) in [4.78, 5) is 0. The zero-order chi connectivity index (χ0) is 14.7. The highest BCUT2D eigenvalue weighted by Gasteiger charge is 2.21. The van der Waals surface area contributed by atoms with Crippen molar-refractivity contribution in [3.63, 3.8) is 0 Å². The molecule has 20 heavy (non-hydrogen) atoms. The molecule has 0 aliphatic carbocycles. The van der Waals surface area contributed by atoms with Crippen LogP contribution in [0.1, 0.15) is 24.2 Å². The van der Waals surface area contributed by atoms with E-state index in [4.69, 9.17) is 11.6 Å². The Morgan fingerprint density at radius 1 is 1.40 bits per heavy atom. The van der Waals surface area contributed by atoms with Crippen molar-refractivity contribution in [2.24, 2.45) is 0 Å². The van der Waals surface area contributed by atoms with Crippen LogP contribution in [0.25, 0.3) is 0 Å². The number of aromatic nitrogens is 2. The molecule has 0 aliphatic rings. The molecule has 1 unspecified atom stereocenters. The van der Waals surface area contributed by atoms with Crippen molar-refractivity contribution in [1.82, 2.24) is 15.1 Å². The summed E-state index contributed by atoms with van der Waals surface area (Å²) in [5.74, 6) is -1.65. The molecule has 0 saturated heterocycles. The van der Waals surface area contributed by atoms with E-state index in [1.807, 2.05) is 6.92 Å². The third kappa shape index (κ3) is 2.83. The van der Waals surface area contributed by atoms with Crippen LogP contribution >= 0.6 is 11.6 Å². The Kier molecular flexibility index (Phi) is 4.73. The highest BCUT2D eigenvalue weighted by Crippen LogP contribution is 2.26. The number of hydrogen-bond donors (Lipinski definition) is 1. The van der Waals surface area contributed by atoms with E-state index < -0.39 is 11.6 Å². The van der Waals surface area contributed by atoms with Crippen molar-refractivity contribution < 1.29 is 8.78 Å². The van der Waals surface area contributed by atoms with Crippen molar-refractivity contribution in [2.75, 3.05) is 7.05 Å². The maximum absolute atomic E-state index is 13.8. The van der Waals surface area contributed by atoms with E-state index in [0.29, 0.717) is 23.6 Å². The molecule has 0 spiro atoms. The lowest BCUT2D eigenvalue weighted by Gasteiger charge is -2.18. The molecule has 2 rings (SSSR count). The minimum atomic E-state index is -0.840. The van der Waals surface area contributed by atoms with Crippen LogP contribution in [0.4, 0.5) is 8.78 Å². The first kappa shape index (κ1) is 14.9. The molecule has 3 nitrogen and oxygen atoms in total. The predicted molar refractivity (Wildman–Crippen MR) is 74.8 cm³/mol. The average Bonchev–Trinajstić information content (AvgIpc) is 2.82. The second-order valence-corrected chi connectivity index (χ2v) is 4.86. The summed E-state index contributed by atoms with van der Waals surface area (Å²) in [7, 11) is 1.76. The Morgan fingerprint density at radius 3 is 2.80 bits per heavy atom. The largest absolute Gasteiger partial charge is 0.311 e. The first-order valence-corrected chi connectivity index (χ1v) is 6.77. The lowest BCUT2D eigenvalue weighted by molar-refractivity contribution is 0.474. The van der Waals surface area contributed by atoms with Gasteiger partial charge in [0.05, 0.1) is 23.0 Å². The molecule has 0 saturated carbocycles. The third-order valence-corrected chi connectivity index (χ3v) is 3.56. The zero-order valence-corrected chi connectivity index (χ0v) is 12.1. The molecule has 6 heteroatoms. The van der Waals surface area contributed by atoms with Crippen LogP contribution in [0.3, 0.4) is 0 Å². The monoisotopic (exact) mass is 299 g/mol. The van der Waals surface area contributed by atoms with E-state index in [-0.39, 0.29) is 6.04 Å². The SMILES string of the molecule is CCn1ncc(Cl)c1C(Cc1cccc(F)c1F)NC. The van der Waals surface area contributed by atoms with Crippen LogP contribution in [-0.4, -0.2) is 16.8 Å². The van der Waals surface area contributed by atoms with Gasteiger partial charge in [0.15, 0.2) is 11.6 Å². The predicted octanol–water partition coefficient (Wildman–Crippen LogP) is 3.34. The van der Waals surface area contributed by atoms with Gasteiger partial charge in [0.25, 0.3) is 0 Å². The van der Waals surface area contributed by atoms with Gasteiger partial charge in [-0.25, -0.2) is 8.78 Å². The maximum Gasteiger partial charge on any atom is 0.162 e. The van der Waals surface area contributed by atoms with Gasteiger partial charge in [-0.2, -0.15) is 5.10 Å². The minimum Gasteiger partial charge on any atom is -0.311 e. The molecule has 2 aromatic rings. The molecule has 0 bridgehead atoms. The summed E-state index contributed by atoms with van der Waals surface area (Å²) < 4.78 is 28.8. The summed E-state index contributed by atoms with van der Waals surface area (Å²) in [6.07, 6.45) is 1.86. The number of rotatable bonds is 5. The van der Waals surface area contributed by atoms with Gasteiger partial charge >= 0.3 is 0 Å². The second kappa shape index (κ2) is 6.33. The number of nitrogens with one attached hydrogen (secondary N) is 1. The Labute approximate surface area is 121 Å². The number of aryl methyl sites for hydroxylation is 1. The number of benzene rings is 1. The van der Waals surface area contributed by atoms with Crippen molar-refractivity contribution in [3.8, 4) is 0 Å². The highest BCUT2D eigenvalue weighted by atomic mass is 35.5. The maximum atomic E-state index is 13.8. The summed E-state index contributed by atoms with van der Waals surface area (Å²) in [5, 5.41) is 7.76. The van der Waals surface area contributed by atoms with Gasteiger partial charge < -0.3 is 5.32 Å². The molecule has 0 fully saturated rings. The topological polar surface area (TPSA) is 29.9 Å². The molecule has 108 valence electrons. The molecule has 0 radical (unpaired) electrons. The van der Waals surface area contributed by atoms with E-state index in [1.165, 1.54) is 6.07 Å². The van der Waals surface area contributed by atoms with Gasteiger partial charge in [0, 0.05) is 6.54 Å². The second-order valence-electron chi connectivity index (χ2n) is 4.45. The smallest absolute Gasteiger partial charge is 0.162 e. The molecular weight excluding hydrogens is 284 g/mol. The Balaban J connectivity index is 2.34. The van der Waals surface area contributed by atoms with E-state index in [2.05, 4.69) is 10.4 Å². The van der Waals surface area contributed by atoms with Gasteiger partial charge in [0.1, 0.15) is 0 Å². The van der Waals surface area contributed by atoms with Gasteiger partial charge in [-0.15, -0.1) is 0 Å². The fourth-order valence-electron chi connectivity index (χ4n) is 2.23. The van der Waals surface area contributed by atoms with Gasteiger partial charge in [-0.05, 0) is 32.0 Å². The van der Waals surface area contributed by atoms with Crippen molar-refractivity contribution in [2.45, 2.75) is 25.9 Å². The highest BCUT2D eigenvalue weighted by molar-refractivity contribution is 6.31. The van der Waals surface area contributed by atoms with E-state index in [1.54, 1.807) is 24.0 Å². The van der Waals surface area contributed by atoms with Crippen LogP contribution < -0.4 is 5.32 Å². The fraction of sp³-hybridized carbons (Fsp3) is 0.357. The molecule has 1 atom stereocenters. The quantitative estimate of drug-likeness (QED) is 0.918. The first-order chi connectivity index (χ1) is 9.58. The average molecular weight is 300 g/mol. The van der Waals surface area contributed by atoms with Gasteiger partial charge in [0.2, 0.25) is 0 Å². The molecule has 1 N–H and O–H groups in total. The Morgan fingerprint density at radius 2 is 2.15 bits per heavy atom. The van der Waals surface area contributed by atoms with Gasteiger partial charge in [-0.3, -0.25) is 4.68 Å². The normalized spacial score (nSPS) is 12.7. The van der Waals surface area contributed by atoms with Crippen molar-refractivity contribution in [3.05, 3.63) is 52.3 Å². The van der Waals surface area contributed by atoms with Crippen LogP contribution in [-0.2, 0) is 13.0 Å². The number of likely N-dealkylation sites (N-methyl/N-ethyl adjacent to an activating group) is 1. The minimum absolute atomic E-state index is 0.235. The van der Waals surface area contributed by atoms with Crippen LogP contribution in [0, 0.1) is 11.6 Å². The number of nitrogens with zero attached hydrogens (tertiary/aromatic N) is 2. The summed E-state index contributed by atoms with van der Waals surface area (Å²) in [5.41, 5.74) is 1.09. The Hall–Kier alpha value is -1.46. The first-order valence-electron chi connectivity index (χ1n) is 6.39. The summed E-state index contributed by atoms with van der Waals surface area (Å²) in [6.45, 7) is 2.61. The Bertz CT molecular complexity index is 598. The molecule has 0 aliphatic heterocycles. The van der Waals surface area contributed by atoms with E-state index in [0.717, 1.165) is 11.8 Å². The van der Waals surface area contributed by atoms with E-state index in [9.17, 15) is 8.78 Å². The molecule has 1 aromatic carbocycles. The lowest BCUT2D eigenvalue weighted by atomic mass is 10.0. The van der Waals surface area contributed by atoms with Crippen LogP contribution in [0.2, 0.25) is 5.02 Å². The molecule has 1 heterocycles. The van der Waals surface area contributed by atoms with Gasteiger partial charge in [-0.1, -0.05) is 23.7 Å². The van der Waals surface area contributed by atoms with Crippen molar-refractivity contribution in [1.29, 1.82) is 0 Å². The standard InChI is InChI=1S/C14H16ClF2N3/c1-3-20-14(10(15)8-19-20)12(18-2)7-9-5-4-6-11(16)13(9)17/h4-6,8,12,18H,3,7H2,1-2H3. The van der Waals surface area contributed by atoms with E-state index >= 15 is 0 Å². The number of halogens is 3. The molecule has 1 aromatic heterocycles. The zero-order valence-electron chi connectivity index (χ0n) is 11.3. The van der Waals surface area contributed by atoms with Crippen molar-refractivity contribution >= 4 is 11.6 Å². The van der Waals surface area contributed by atoms with Crippen LogP contribution in [0.5, 0.6) is 0 Å². The number of hydrogen-bond acceptors (Lipinski definition) is 2. The lowest BCUT2D eigenvalue weighted by Crippen LogP contribution is -2.23. The van der Waals surface area contributed by atoms with Crippen LogP contribution in [0.15, 0.2) is 24.4 Å². The molecular formula is C14H16ClF2N3. The summed E-state index contributed by atoms with van der Waals surface area (Å²) >= 11 is 6.14. The fourth-order valence-corrected chi connectivity index (χ4v) is 2.50. The molecule has 0 amide bonds. The third-order valence-electron chi connectivity index (χ3n) is 3.27. The summed E-state index contributed by atoms with van der Waals surface area (Å²) in [6, 6.07) is 3.94.